The van der Waals surface area contributed by atoms with Crippen LogP contribution in [0.25, 0.3) is 0 Å². The van der Waals surface area contributed by atoms with Gasteiger partial charge in [0.25, 0.3) is 0 Å². The second-order valence-corrected chi connectivity index (χ2v) is 4.82. The molecule has 0 saturated carbocycles. The summed E-state index contributed by atoms with van der Waals surface area (Å²) in [7, 11) is 0. The minimum absolute atomic E-state index is 0.149. The summed E-state index contributed by atoms with van der Waals surface area (Å²) in [6, 6.07) is 7.50. The molecule has 0 aliphatic carbocycles. The van der Waals surface area contributed by atoms with E-state index in [0.29, 0.717) is 6.04 Å². The first-order valence-corrected chi connectivity index (χ1v) is 6.45. The Balaban J connectivity index is 1.73. The van der Waals surface area contributed by atoms with E-state index in [9.17, 15) is 4.39 Å². The topological polar surface area (TPSA) is 15.3 Å². The van der Waals surface area contributed by atoms with Gasteiger partial charge in [-0.2, -0.15) is 0 Å². The molecule has 1 aliphatic rings. The smallest absolute Gasteiger partial charge is 0.123 e. The lowest BCUT2D eigenvalue weighted by atomic mass is 10.1. The summed E-state index contributed by atoms with van der Waals surface area (Å²) in [5.41, 5.74) is 1.23. The lowest BCUT2D eigenvalue weighted by Crippen LogP contribution is -2.49. The van der Waals surface area contributed by atoms with Crippen molar-refractivity contribution in [2.24, 2.45) is 0 Å². The fraction of sp³-hybridized carbons (Fsp3) is 0.571. The summed E-state index contributed by atoms with van der Waals surface area (Å²) in [6.45, 7) is 6.74. The van der Waals surface area contributed by atoms with Gasteiger partial charge < -0.3 is 5.32 Å². The Hall–Kier alpha value is -0.930. The molecule has 1 atom stereocenters. The normalized spacial score (nSPS) is 21.6. The molecule has 0 aromatic heterocycles. The number of hydrogen-bond donors (Lipinski definition) is 1. The molecule has 1 aliphatic heterocycles. The Kier molecular flexibility index (Phi) is 4.51. The number of aryl methyl sites for hydroxylation is 1. The van der Waals surface area contributed by atoms with Crippen molar-refractivity contribution in [3.63, 3.8) is 0 Å². The third-order valence-electron chi connectivity index (χ3n) is 3.46. The Morgan fingerprint density at radius 3 is 2.82 bits per heavy atom. The third-order valence-corrected chi connectivity index (χ3v) is 3.46. The van der Waals surface area contributed by atoms with E-state index in [1.54, 1.807) is 12.1 Å². The Bertz CT molecular complexity index is 337. The Morgan fingerprint density at radius 2 is 2.12 bits per heavy atom. The average molecular weight is 236 g/mol. The van der Waals surface area contributed by atoms with E-state index >= 15 is 0 Å². The van der Waals surface area contributed by atoms with Crippen LogP contribution >= 0.6 is 0 Å². The fourth-order valence-electron chi connectivity index (χ4n) is 2.35. The quantitative estimate of drug-likeness (QED) is 0.860. The number of hydrogen-bond acceptors (Lipinski definition) is 2. The Morgan fingerprint density at radius 1 is 1.35 bits per heavy atom. The maximum Gasteiger partial charge on any atom is 0.123 e. The molecule has 2 nitrogen and oxygen atoms in total. The highest BCUT2D eigenvalue weighted by Crippen LogP contribution is 2.08. The molecule has 1 unspecified atom stereocenters. The van der Waals surface area contributed by atoms with E-state index in [4.69, 9.17) is 0 Å². The molecule has 1 aromatic rings. The van der Waals surface area contributed by atoms with Gasteiger partial charge >= 0.3 is 0 Å². The zero-order chi connectivity index (χ0) is 12.1. The molecule has 0 radical (unpaired) electrons. The number of nitrogens with zero attached hydrogens (tertiary/aromatic N) is 1. The number of piperazine rings is 1. The van der Waals surface area contributed by atoms with Crippen molar-refractivity contribution in [1.29, 1.82) is 0 Å². The number of nitrogens with one attached hydrogen (secondary N) is 1. The van der Waals surface area contributed by atoms with Gasteiger partial charge in [-0.25, -0.2) is 4.39 Å². The lowest BCUT2D eigenvalue weighted by Gasteiger charge is -2.33. The standard InChI is InChI=1S/C14H21FN2/c1-12-11-16-8-10-17(12)9-2-3-13-4-6-14(15)7-5-13/h4-7,12,16H,2-3,8-11H2,1H3. The molecule has 17 heavy (non-hydrogen) atoms. The highest BCUT2D eigenvalue weighted by atomic mass is 19.1. The van der Waals surface area contributed by atoms with Crippen LogP contribution in [0, 0.1) is 5.82 Å². The van der Waals surface area contributed by atoms with Crippen LogP contribution in [0.5, 0.6) is 0 Å². The molecule has 1 heterocycles. The van der Waals surface area contributed by atoms with E-state index < -0.39 is 0 Å². The molecular weight excluding hydrogens is 215 g/mol. The number of rotatable bonds is 4. The highest BCUT2D eigenvalue weighted by Gasteiger charge is 2.16. The van der Waals surface area contributed by atoms with E-state index in [0.717, 1.165) is 39.0 Å². The van der Waals surface area contributed by atoms with Crippen molar-refractivity contribution >= 4 is 0 Å². The van der Waals surface area contributed by atoms with E-state index in [1.807, 2.05) is 12.1 Å². The van der Waals surface area contributed by atoms with E-state index in [-0.39, 0.29) is 5.82 Å². The minimum atomic E-state index is -0.149. The summed E-state index contributed by atoms with van der Waals surface area (Å²) in [4.78, 5) is 2.53. The van der Waals surface area contributed by atoms with Gasteiger partial charge in [-0.15, -0.1) is 0 Å². The monoisotopic (exact) mass is 236 g/mol. The molecule has 0 bridgehead atoms. The SMILES string of the molecule is CC1CNCCN1CCCc1ccc(F)cc1. The molecule has 3 heteroatoms. The van der Waals surface area contributed by atoms with Crippen LogP contribution < -0.4 is 5.32 Å². The second kappa shape index (κ2) is 6.12. The van der Waals surface area contributed by atoms with Gasteiger partial charge in [-0.05, 0) is 44.0 Å². The largest absolute Gasteiger partial charge is 0.314 e. The highest BCUT2D eigenvalue weighted by molar-refractivity contribution is 5.16. The summed E-state index contributed by atoms with van der Waals surface area (Å²) < 4.78 is 12.7. The van der Waals surface area contributed by atoms with Crippen LogP contribution in [0.3, 0.4) is 0 Å². The lowest BCUT2D eigenvalue weighted by molar-refractivity contribution is 0.172. The van der Waals surface area contributed by atoms with Crippen molar-refractivity contribution in [2.75, 3.05) is 26.2 Å². The molecule has 1 N–H and O–H groups in total. The summed E-state index contributed by atoms with van der Waals surface area (Å²) in [6.07, 6.45) is 2.19. The summed E-state index contributed by atoms with van der Waals surface area (Å²) in [5.74, 6) is -0.149. The molecule has 94 valence electrons. The zero-order valence-corrected chi connectivity index (χ0v) is 10.5. The molecule has 1 saturated heterocycles. The zero-order valence-electron chi connectivity index (χ0n) is 10.5. The third kappa shape index (κ3) is 3.79. The average Bonchev–Trinajstić information content (AvgIpc) is 2.34. The van der Waals surface area contributed by atoms with Gasteiger partial charge in [0, 0.05) is 25.7 Å². The molecule has 0 amide bonds. The van der Waals surface area contributed by atoms with Crippen molar-refractivity contribution < 1.29 is 4.39 Å². The van der Waals surface area contributed by atoms with Gasteiger partial charge in [-0.3, -0.25) is 4.90 Å². The van der Waals surface area contributed by atoms with Gasteiger partial charge in [0.05, 0.1) is 0 Å². The van der Waals surface area contributed by atoms with Crippen molar-refractivity contribution in [3.05, 3.63) is 35.6 Å². The summed E-state index contributed by atoms with van der Waals surface area (Å²) >= 11 is 0. The molecule has 0 spiro atoms. The van der Waals surface area contributed by atoms with E-state index in [2.05, 4.69) is 17.1 Å². The first-order valence-electron chi connectivity index (χ1n) is 6.45. The molecule has 2 rings (SSSR count). The van der Waals surface area contributed by atoms with Crippen LogP contribution in [0.1, 0.15) is 18.9 Å². The minimum Gasteiger partial charge on any atom is -0.314 e. The fourth-order valence-corrected chi connectivity index (χ4v) is 2.35. The molecule has 1 fully saturated rings. The van der Waals surface area contributed by atoms with Crippen molar-refractivity contribution in [2.45, 2.75) is 25.8 Å². The summed E-state index contributed by atoms with van der Waals surface area (Å²) in [5, 5.41) is 3.40. The van der Waals surface area contributed by atoms with Gasteiger partial charge in [-0.1, -0.05) is 12.1 Å². The van der Waals surface area contributed by atoms with Gasteiger partial charge in [0.2, 0.25) is 0 Å². The van der Waals surface area contributed by atoms with Crippen LogP contribution in [-0.2, 0) is 6.42 Å². The molecular formula is C14H21FN2. The molecule has 1 aromatic carbocycles. The first-order chi connectivity index (χ1) is 8.25. The second-order valence-electron chi connectivity index (χ2n) is 4.82. The van der Waals surface area contributed by atoms with Gasteiger partial charge in [0.15, 0.2) is 0 Å². The Labute approximate surface area is 103 Å². The number of benzene rings is 1. The first kappa shape index (κ1) is 12.5. The van der Waals surface area contributed by atoms with Crippen LogP contribution in [-0.4, -0.2) is 37.1 Å². The predicted octanol–water partition coefficient (Wildman–Crippen LogP) is 2.05. The van der Waals surface area contributed by atoms with Crippen molar-refractivity contribution in [3.8, 4) is 0 Å². The maximum atomic E-state index is 12.7. The van der Waals surface area contributed by atoms with Gasteiger partial charge in [0.1, 0.15) is 5.82 Å². The van der Waals surface area contributed by atoms with Crippen LogP contribution in [0.15, 0.2) is 24.3 Å². The van der Waals surface area contributed by atoms with E-state index in [1.165, 1.54) is 5.56 Å². The van der Waals surface area contributed by atoms with Crippen molar-refractivity contribution in [1.82, 2.24) is 10.2 Å². The maximum absolute atomic E-state index is 12.7. The number of halogens is 1. The predicted molar refractivity (Wildman–Crippen MR) is 68.6 cm³/mol. The van der Waals surface area contributed by atoms with Crippen LogP contribution in [0.2, 0.25) is 0 Å². The van der Waals surface area contributed by atoms with Crippen LogP contribution in [0.4, 0.5) is 4.39 Å².